The van der Waals surface area contributed by atoms with Gasteiger partial charge in [-0.15, -0.1) is 0 Å². The van der Waals surface area contributed by atoms with Gasteiger partial charge in [-0.1, -0.05) is 23.7 Å². The Labute approximate surface area is 99.0 Å². The Morgan fingerprint density at radius 2 is 2.07 bits per heavy atom. The molecule has 1 rings (SSSR count). The molecule has 0 saturated heterocycles. The Morgan fingerprint density at radius 1 is 1.40 bits per heavy atom. The number of carbonyl (C=O) groups excluding carboxylic acids is 1. The van der Waals surface area contributed by atoms with Crippen molar-refractivity contribution in [2.75, 3.05) is 12.9 Å². The van der Waals surface area contributed by atoms with Crippen LogP contribution in [0, 0.1) is 0 Å². The Balaban J connectivity index is 2.20. The van der Waals surface area contributed by atoms with Gasteiger partial charge in [-0.2, -0.15) is 11.8 Å². The number of halogens is 1. The van der Waals surface area contributed by atoms with E-state index in [0.29, 0.717) is 6.42 Å². The van der Waals surface area contributed by atoms with Crippen molar-refractivity contribution in [1.82, 2.24) is 0 Å². The van der Waals surface area contributed by atoms with Crippen LogP contribution < -0.4 is 0 Å². The molecule has 0 radical (unpaired) electrons. The van der Waals surface area contributed by atoms with Gasteiger partial charge in [0.25, 0.3) is 0 Å². The van der Waals surface area contributed by atoms with Gasteiger partial charge in [-0.25, -0.2) is 0 Å². The van der Waals surface area contributed by atoms with Crippen LogP contribution in [0.4, 0.5) is 0 Å². The van der Waals surface area contributed by atoms with Crippen LogP contribution in [-0.4, -0.2) is 18.8 Å². The number of hydrogen-bond acceptors (Lipinski definition) is 3. The highest BCUT2D eigenvalue weighted by Crippen LogP contribution is 2.16. The first kappa shape index (κ1) is 12.4. The summed E-state index contributed by atoms with van der Waals surface area (Å²) in [4.78, 5) is 10.8. The van der Waals surface area contributed by atoms with E-state index in [0.717, 1.165) is 16.5 Å². The first-order valence-corrected chi connectivity index (χ1v) is 6.14. The van der Waals surface area contributed by atoms with Gasteiger partial charge in [0.05, 0.1) is 13.5 Å². The van der Waals surface area contributed by atoms with Crippen molar-refractivity contribution in [1.29, 1.82) is 0 Å². The van der Waals surface area contributed by atoms with Crippen LogP contribution in [0.2, 0.25) is 5.02 Å². The van der Waals surface area contributed by atoms with Crippen LogP contribution in [0.15, 0.2) is 24.3 Å². The largest absolute Gasteiger partial charge is 0.469 e. The van der Waals surface area contributed by atoms with Crippen molar-refractivity contribution >= 4 is 29.3 Å². The van der Waals surface area contributed by atoms with E-state index in [1.54, 1.807) is 11.8 Å². The third kappa shape index (κ3) is 5.09. The molecule has 0 aliphatic carbocycles. The molecule has 0 saturated carbocycles. The maximum Gasteiger partial charge on any atom is 0.306 e. The lowest BCUT2D eigenvalue weighted by atomic mass is 10.2. The summed E-state index contributed by atoms with van der Waals surface area (Å²) in [6, 6.07) is 7.73. The smallest absolute Gasteiger partial charge is 0.306 e. The molecule has 0 atom stereocenters. The van der Waals surface area contributed by atoms with E-state index >= 15 is 0 Å². The van der Waals surface area contributed by atoms with E-state index in [2.05, 4.69) is 4.74 Å². The molecular weight excluding hydrogens is 232 g/mol. The van der Waals surface area contributed by atoms with Crippen LogP contribution in [0.25, 0.3) is 0 Å². The number of rotatable bonds is 5. The molecule has 0 unspecified atom stereocenters. The van der Waals surface area contributed by atoms with Gasteiger partial charge in [0.2, 0.25) is 0 Å². The quantitative estimate of drug-likeness (QED) is 0.588. The molecule has 1 aromatic carbocycles. The van der Waals surface area contributed by atoms with Crippen molar-refractivity contribution in [3.8, 4) is 0 Å². The number of thioether (sulfide) groups is 1. The van der Waals surface area contributed by atoms with E-state index in [4.69, 9.17) is 11.6 Å². The summed E-state index contributed by atoms with van der Waals surface area (Å²) in [5.74, 6) is 1.53. The minimum atomic E-state index is -0.154. The second kappa shape index (κ2) is 6.75. The molecule has 0 fully saturated rings. The highest BCUT2D eigenvalue weighted by atomic mass is 35.5. The summed E-state index contributed by atoms with van der Waals surface area (Å²) in [7, 11) is 1.41. The average Bonchev–Trinajstić information content (AvgIpc) is 2.26. The first-order chi connectivity index (χ1) is 7.22. The van der Waals surface area contributed by atoms with Crippen molar-refractivity contribution in [2.45, 2.75) is 12.2 Å². The molecule has 0 aliphatic heterocycles. The zero-order valence-electron chi connectivity index (χ0n) is 8.53. The molecule has 0 spiro atoms. The zero-order valence-corrected chi connectivity index (χ0v) is 10.1. The van der Waals surface area contributed by atoms with Crippen LogP contribution >= 0.6 is 23.4 Å². The Hall–Kier alpha value is -0.670. The van der Waals surface area contributed by atoms with E-state index < -0.39 is 0 Å². The van der Waals surface area contributed by atoms with E-state index in [1.165, 1.54) is 12.7 Å². The molecule has 0 heterocycles. The summed E-state index contributed by atoms with van der Waals surface area (Å²) in [5, 5.41) is 0.748. The third-order valence-corrected chi connectivity index (χ3v) is 3.14. The second-order valence-electron chi connectivity index (χ2n) is 3.01. The van der Waals surface area contributed by atoms with Crippen molar-refractivity contribution in [3.63, 3.8) is 0 Å². The number of hydrogen-bond donors (Lipinski definition) is 0. The average molecular weight is 245 g/mol. The molecule has 82 valence electrons. The van der Waals surface area contributed by atoms with Gasteiger partial charge in [-0.3, -0.25) is 4.79 Å². The van der Waals surface area contributed by atoms with Gasteiger partial charge in [0, 0.05) is 16.5 Å². The zero-order chi connectivity index (χ0) is 11.1. The summed E-state index contributed by atoms with van der Waals surface area (Å²) in [5.41, 5.74) is 1.22. The molecule has 4 heteroatoms. The predicted molar refractivity (Wildman–Crippen MR) is 64.2 cm³/mol. The lowest BCUT2D eigenvalue weighted by Crippen LogP contribution is -2.01. The lowest BCUT2D eigenvalue weighted by molar-refractivity contribution is -0.140. The maximum atomic E-state index is 10.8. The number of benzene rings is 1. The number of ether oxygens (including phenoxy) is 1. The van der Waals surface area contributed by atoms with Crippen LogP contribution in [0.5, 0.6) is 0 Å². The minimum absolute atomic E-state index is 0.154. The van der Waals surface area contributed by atoms with Gasteiger partial charge in [0.15, 0.2) is 0 Å². The van der Waals surface area contributed by atoms with Crippen LogP contribution in [0.3, 0.4) is 0 Å². The fourth-order valence-electron chi connectivity index (χ4n) is 1.03. The van der Waals surface area contributed by atoms with E-state index in [9.17, 15) is 4.79 Å². The van der Waals surface area contributed by atoms with Crippen molar-refractivity contribution < 1.29 is 9.53 Å². The molecule has 1 aromatic rings. The number of esters is 1. The monoisotopic (exact) mass is 244 g/mol. The molecule has 0 amide bonds. The lowest BCUT2D eigenvalue weighted by Gasteiger charge is -2.01. The molecule has 0 bridgehead atoms. The Kier molecular flexibility index (Phi) is 5.58. The highest BCUT2D eigenvalue weighted by molar-refractivity contribution is 7.98. The summed E-state index contributed by atoms with van der Waals surface area (Å²) in [6.07, 6.45) is 0.467. The van der Waals surface area contributed by atoms with Gasteiger partial charge < -0.3 is 4.74 Å². The van der Waals surface area contributed by atoms with E-state index in [-0.39, 0.29) is 5.97 Å². The molecular formula is C11H13ClO2S. The van der Waals surface area contributed by atoms with Crippen molar-refractivity contribution in [3.05, 3.63) is 34.9 Å². The fourth-order valence-corrected chi connectivity index (χ4v) is 2.04. The molecule has 0 aromatic heterocycles. The summed E-state index contributed by atoms with van der Waals surface area (Å²) >= 11 is 7.48. The first-order valence-electron chi connectivity index (χ1n) is 4.61. The van der Waals surface area contributed by atoms with Crippen molar-refractivity contribution in [2.24, 2.45) is 0 Å². The van der Waals surface area contributed by atoms with Crippen LogP contribution in [-0.2, 0) is 15.3 Å². The standard InChI is InChI=1S/C11H13ClO2S/c1-14-11(13)6-7-15-8-9-2-4-10(12)5-3-9/h2-5H,6-8H2,1H3. The molecule has 0 N–H and O–H groups in total. The summed E-state index contributed by atoms with van der Waals surface area (Å²) in [6.45, 7) is 0. The van der Waals surface area contributed by atoms with Gasteiger partial charge in [0.1, 0.15) is 0 Å². The number of methoxy groups -OCH3 is 1. The summed E-state index contributed by atoms with van der Waals surface area (Å²) < 4.78 is 4.55. The normalized spacial score (nSPS) is 10.0. The van der Waals surface area contributed by atoms with Crippen LogP contribution in [0.1, 0.15) is 12.0 Å². The van der Waals surface area contributed by atoms with Gasteiger partial charge in [-0.05, 0) is 17.7 Å². The Morgan fingerprint density at radius 3 is 2.67 bits per heavy atom. The molecule has 0 aliphatic rings. The Bertz CT molecular complexity index is 311. The molecule has 2 nitrogen and oxygen atoms in total. The van der Waals surface area contributed by atoms with E-state index in [1.807, 2.05) is 24.3 Å². The minimum Gasteiger partial charge on any atom is -0.469 e. The second-order valence-corrected chi connectivity index (χ2v) is 4.55. The predicted octanol–water partition coefficient (Wildman–Crippen LogP) is 3.14. The SMILES string of the molecule is COC(=O)CCSCc1ccc(Cl)cc1. The fraction of sp³-hybridized carbons (Fsp3) is 0.364. The third-order valence-electron chi connectivity index (χ3n) is 1.86. The number of carbonyl (C=O) groups is 1. The maximum absolute atomic E-state index is 10.8. The van der Waals surface area contributed by atoms with Gasteiger partial charge >= 0.3 is 5.97 Å². The highest BCUT2D eigenvalue weighted by Gasteiger charge is 2.00. The molecule has 15 heavy (non-hydrogen) atoms. The topological polar surface area (TPSA) is 26.3 Å².